The summed E-state index contributed by atoms with van der Waals surface area (Å²) in [5.74, 6) is -0.328. The maximum Gasteiger partial charge on any atom is 0.412 e. The van der Waals surface area contributed by atoms with Crippen LogP contribution in [0.5, 0.6) is 0 Å². The van der Waals surface area contributed by atoms with Crippen LogP contribution in [-0.4, -0.2) is 29.2 Å². The van der Waals surface area contributed by atoms with E-state index in [1.807, 2.05) is 51.1 Å². The van der Waals surface area contributed by atoms with Crippen LogP contribution in [0.15, 0.2) is 48.8 Å². The largest absolute Gasteiger partial charge is 0.460 e. The average Bonchev–Trinajstić information content (AvgIpc) is 3.45. The zero-order chi connectivity index (χ0) is 20.9. The maximum absolute atomic E-state index is 12.2. The number of ether oxygens (including phenoxy) is 2. The van der Waals surface area contributed by atoms with Crippen molar-refractivity contribution in [1.29, 1.82) is 0 Å². The van der Waals surface area contributed by atoms with Crippen molar-refractivity contribution in [3.63, 3.8) is 0 Å². The van der Waals surface area contributed by atoms with Gasteiger partial charge in [0.25, 0.3) is 0 Å². The van der Waals surface area contributed by atoms with E-state index in [2.05, 4.69) is 15.6 Å². The van der Waals surface area contributed by atoms with Gasteiger partial charge in [-0.2, -0.15) is 0 Å². The fourth-order valence-corrected chi connectivity index (χ4v) is 3.00. The molecule has 1 amide bonds. The number of rotatable bonds is 7. The second-order valence-electron chi connectivity index (χ2n) is 8.13. The lowest BCUT2D eigenvalue weighted by atomic mass is 10.1. The van der Waals surface area contributed by atoms with Crippen molar-refractivity contribution in [2.24, 2.45) is 0 Å². The lowest BCUT2D eigenvalue weighted by Crippen LogP contribution is -2.35. The van der Waals surface area contributed by atoms with Gasteiger partial charge in [0.15, 0.2) is 0 Å². The highest BCUT2D eigenvalue weighted by atomic mass is 16.6. The van der Waals surface area contributed by atoms with Crippen LogP contribution in [-0.2, 0) is 26.4 Å². The molecular weight excluding hydrogens is 370 g/mol. The van der Waals surface area contributed by atoms with Gasteiger partial charge in [-0.05, 0) is 45.2 Å². The first kappa shape index (κ1) is 20.8. The van der Waals surface area contributed by atoms with Crippen LogP contribution >= 0.6 is 0 Å². The first-order valence-electron chi connectivity index (χ1n) is 9.66. The number of aromatic nitrogens is 1. The molecule has 1 fully saturated rings. The van der Waals surface area contributed by atoms with Gasteiger partial charge in [-0.15, -0.1) is 0 Å². The van der Waals surface area contributed by atoms with Gasteiger partial charge in [0, 0.05) is 23.5 Å². The van der Waals surface area contributed by atoms with Gasteiger partial charge in [-0.25, -0.2) is 4.79 Å². The van der Waals surface area contributed by atoms with E-state index in [0.29, 0.717) is 5.69 Å². The number of amides is 1. The summed E-state index contributed by atoms with van der Waals surface area (Å²) < 4.78 is 10.7. The fraction of sp³-hybridized carbons (Fsp3) is 0.409. The second kappa shape index (κ2) is 8.61. The predicted octanol–water partition coefficient (Wildman–Crippen LogP) is 3.75. The third-order valence-electron chi connectivity index (χ3n) is 4.54. The summed E-state index contributed by atoms with van der Waals surface area (Å²) >= 11 is 0. The summed E-state index contributed by atoms with van der Waals surface area (Å²) in [6.07, 6.45) is 4.48. The van der Waals surface area contributed by atoms with Crippen LogP contribution in [0.1, 0.15) is 44.7 Å². The molecule has 0 atom stereocenters. The number of nitrogens with one attached hydrogen (secondary N) is 2. The zero-order valence-electron chi connectivity index (χ0n) is 17.0. The highest BCUT2D eigenvalue weighted by Crippen LogP contribution is 2.47. The van der Waals surface area contributed by atoms with E-state index in [4.69, 9.17) is 9.47 Å². The molecule has 0 bridgehead atoms. The number of esters is 1. The molecule has 1 heterocycles. The molecule has 1 saturated carbocycles. The molecular formula is C22H27N3O4. The van der Waals surface area contributed by atoms with Crippen molar-refractivity contribution >= 4 is 17.7 Å². The third-order valence-corrected chi connectivity index (χ3v) is 4.54. The third kappa shape index (κ3) is 6.02. The van der Waals surface area contributed by atoms with Gasteiger partial charge in [0.05, 0.1) is 12.2 Å². The monoisotopic (exact) mass is 397 g/mol. The number of carbonyl (C=O) groups is 2. The summed E-state index contributed by atoms with van der Waals surface area (Å²) in [6, 6.07) is 11.3. The number of hydrogen-bond donors (Lipinski definition) is 2. The van der Waals surface area contributed by atoms with Crippen molar-refractivity contribution in [2.45, 2.75) is 51.4 Å². The summed E-state index contributed by atoms with van der Waals surface area (Å²) in [6.45, 7) is 5.75. The number of benzene rings is 1. The van der Waals surface area contributed by atoms with Crippen molar-refractivity contribution < 1.29 is 19.1 Å². The highest BCUT2D eigenvalue weighted by molar-refractivity contribution is 5.86. The molecule has 1 aromatic carbocycles. The van der Waals surface area contributed by atoms with Gasteiger partial charge in [0.1, 0.15) is 12.2 Å². The SMILES string of the molecule is CC(C)(C)OC(=O)Nc1ccncc1C1(NCC(=O)OCc2ccccc2)CC1. The smallest absolute Gasteiger partial charge is 0.412 e. The van der Waals surface area contributed by atoms with E-state index < -0.39 is 17.2 Å². The van der Waals surface area contributed by atoms with E-state index >= 15 is 0 Å². The van der Waals surface area contributed by atoms with Crippen LogP contribution < -0.4 is 10.6 Å². The van der Waals surface area contributed by atoms with Crippen LogP contribution in [0, 0.1) is 0 Å². The summed E-state index contributed by atoms with van der Waals surface area (Å²) in [5, 5.41) is 6.07. The van der Waals surface area contributed by atoms with Gasteiger partial charge in [0.2, 0.25) is 0 Å². The minimum atomic E-state index is -0.588. The normalized spacial score (nSPS) is 14.7. The molecule has 154 valence electrons. The molecule has 2 N–H and O–H groups in total. The predicted molar refractivity (Wildman–Crippen MR) is 109 cm³/mol. The standard InChI is InChI=1S/C22H27N3O4/c1-21(2,3)29-20(27)25-18-9-12-23-13-17(18)22(10-11-22)24-14-19(26)28-15-16-7-5-4-6-8-16/h4-9,12-13,24H,10-11,14-15H2,1-3H3,(H,23,25,27). The van der Waals surface area contributed by atoms with Crippen LogP contribution in [0.2, 0.25) is 0 Å². The Hall–Kier alpha value is -2.93. The first-order chi connectivity index (χ1) is 13.8. The lowest BCUT2D eigenvalue weighted by molar-refractivity contribution is -0.144. The Morgan fingerprint density at radius 2 is 1.86 bits per heavy atom. The molecule has 0 saturated heterocycles. The van der Waals surface area contributed by atoms with Crippen LogP contribution in [0.25, 0.3) is 0 Å². The molecule has 1 aliphatic rings. The van der Waals surface area contributed by atoms with Gasteiger partial charge in [-0.1, -0.05) is 30.3 Å². The average molecular weight is 397 g/mol. The van der Waals surface area contributed by atoms with Gasteiger partial charge in [-0.3, -0.25) is 20.4 Å². The maximum atomic E-state index is 12.2. The van der Waals surface area contributed by atoms with Gasteiger partial charge >= 0.3 is 12.1 Å². The van der Waals surface area contributed by atoms with Crippen molar-refractivity contribution in [1.82, 2.24) is 10.3 Å². The number of anilines is 1. The van der Waals surface area contributed by atoms with Crippen molar-refractivity contribution in [3.05, 3.63) is 59.9 Å². The molecule has 0 spiro atoms. The summed E-state index contributed by atoms with van der Waals surface area (Å²) in [4.78, 5) is 28.5. The first-order valence-corrected chi connectivity index (χ1v) is 9.66. The fourth-order valence-electron chi connectivity index (χ4n) is 3.00. The number of hydrogen-bond acceptors (Lipinski definition) is 6. The topological polar surface area (TPSA) is 89.5 Å². The zero-order valence-corrected chi connectivity index (χ0v) is 17.0. The molecule has 7 heteroatoms. The second-order valence-corrected chi connectivity index (χ2v) is 8.13. The Balaban J connectivity index is 1.58. The molecule has 0 aliphatic heterocycles. The molecule has 1 aliphatic carbocycles. The Bertz CT molecular complexity index is 858. The number of carbonyl (C=O) groups excluding carboxylic acids is 2. The molecule has 0 radical (unpaired) electrons. The Kier molecular flexibility index (Phi) is 6.17. The Morgan fingerprint density at radius 3 is 2.52 bits per heavy atom. The van der Waals surface area contributed by atoms with E-state index in [1.54, 1.807) is 18.5 Å². The Labute approximate surface area is 170 Å². The molecule has 2 aromatic rings. The lowest BCUT2D eigenvalue weighted by Gasteiger charge is -2.23. The van der Waals surface area contributed by atoms with E-state index in [0.717, 1.165) is 24.0 Å². The molecule has 1 aromatic heterocycles. The highest BCUT2D eigenvalue weighted by Gasteiger charge is 2.46. The molecule has 0 unspecified atom stereocenters. The Morgan fingerprint density at radius 1 is 1.14 bits per heavy atom. The minimum absolute atomic E-state index is 0.0770. The van der Waals surface area contributed by atoms with Crippen molar-refractivity contribution in [2.75, 3.05) is 11.9 Å². The van der Waals surface area contributed by atoms with E-state index in [1.165, 1.54) is 0 Å². The van der Waals surface area contributed by atoms with Crippen LogP contribution in [0.4, 0.5) is 10.5 Å². The van der Waals surface area contributed by atoms with Gasteiger partial charge < -0.3 is 9.47 Å². The van der Waals surface area contributed by atoms with E-state index in [-0.39, 0.29) is 19.1 Å². The number of pyridine rings is 1. The molecule has 3 rings (SSSR count). The minimum Gasteiger partial charge on any atom is -0.460 e. The van der Waals surface area contributed by atoms with Crippen molar-refractivity contribution in [3.8, 4) is 0 Å². The van der Waals surface area contributed by atoms with E-state index in [9.17, 15) is 9.59 Å². The molecule has 29 heavy (non-hydrogen) atoms. The quantitative estimate of drug-likeness (QED) is 0.692. The summed E-state index contributed by atoms with van der Waals surface area (Å²) in [7, 11) is 0. The molecule has 7 nitrogen and oxygen atoms in total. The number of nitrogens with zero attached hydrogens (tertiary/aromatic N) is 1. The van der Waals surface area contributed by atoms with Crippen LogP contribution in [0.3, 0.4) is 0 Å². The summed E-state index contributed by atoms with van der Waals surface area (Å²) in [5.41, 5.74) is 1.41.